The summed E-state index contributed by atoms with van der Waals surface area (Å²) in [5.41, 5.74) is 0. The van der Waals surface area contributed by atoms with Crippen LogP contribution in [0, 0.1) is 5.92 Å². The molecule has 3 heteroatoms. The van der Waals surface area contributed by atoms with Gasteiger partial charge in [-0.2, -0.15) is 0 Å². The maximum absolute atomic E-state index is 12.0. The summed E-state index contributed by atoms with van der Waals surface area (Å²) in [5, 5.41) is -0.0475. The van der Waals surface area contributed by atoms with Crippen LogP contribution in [-0.2, 0) is 9.53 Å². The number of cyclic esters (lactones) is 1. The molecule has 0 radical (unpaired) electrons. The highest BCUT2D eigenvalue weighted by Crippen LogP contribution is 2.55. The summed E-state index contributed by atoms with van der Waals surface area (Å²) in [6.07, 6.45) is 4.68. The number of carbonyl (C=O) groups excluding carboxylic acids is 1. The molecular weight excluding hydrogens is 192 g/mol. The molecule has 0 amide bonds. The summed E-state index contributed by atoms with van der Waals surface area (Å²) in [7, 11) is -1.43. The predicted octanol–water partition coefficient (Wildman–Crippen LogP) is 2.81. The van der Waals surface area contributed by atoms with Crippen molar-refractivity contribution in [3.8, 4) is 0 Å². The first-order chi connectivity index (χ1) is 6.46. The zero-order valence-electron chi connectivity index (χ0n) is 9.43. The van der Waals surface area contributed by atoms with Crippen molar-refractivity contribution in [1.82, 2.24) is 0 Å². The summed E-state index contributed by atoms with van der Waals surface area (Å²) in [4.78, 5) is 12.0. The Balaban J connectivity index is 2.33. The predicted molar refractivity (Wildman–Crippen MR) is 59.0 cm³/mol. The average Bonchev–Trinajstić information content (AvgIpc) is 2.11. The third-order valence-electron chi connectivity index (χ3n) is 4.13. The van der Waals surface area contributed by atoms with E-state index in [0.29, 0.717) is 12.5 Å². The number of esters is 1. The van der Waals surface area contributed by atoms with Crippen LogP contribution in [-0.4, -0.2) is 20.7 Å². The van der Waals surface area contributed by atoms with Crippen molar-refractivity contribution in [1.29, 1.82) is 0 Å². The van der Waals surface area contributed by atoms with E-state index in [0.717, 1.165) is 12.8 Å². The first-order valence-electron chi connectivity index (χ1n) is 5.63. The van der Waals surface area contributed by atoms with Gasteiger partial charge in [0.25, 0.3) is 0 Å². The molecule has 14 heavy (non-hydrogen) atoms. The lowest BCUT2D eigenvalue weighted by molar-refractivity contribution is -0.157. The Labute approximate surface area is 87.0 Å². The van der Waals surface area contributed by atoms with Gasteiger partial charge in [0.2, 0.25) is 0 Å². The maximum atomic E-state index is 12.0. The third kappa shape index (κ3) is 1.33. The van der Waals surface area contributed by atoms with Gasteiger partial charge in [-0.3, -0.25) is 4.79 Å². The minimum Gasteiger partial charge on any atom is -0.465 e. The van der Waals surface area contributed by atoms with Gasteiger partial charge in [0.1, 0.15) is 0 Å². The molecule has 1 aliphatic carbocycles. The van der Waals surface area contributed by atoms with Gasteiger partial charge in [0, 0.05) is 0 Å². The lowest BCUT2D eigenvalue weighted by Crippen LogP contribution is -2.52. The molecule has 0 aromatic heterocycles. The Bertz CT molecular complexity index is 257. The molecule has 2 rings (SSSR count). The molecule has 1 saturated carbocycles. The third-order valence-corrected chi connectivity index (χ3v) is 7.66. The van der Waals surface area contributed by atoms with Gasteiger partial charge in [0.05, 0.1) is 19.7 Å². The van der Waals surface area contributed by atoms with Crippen LogP contribution in [0.4, 0.5) is 0 Å². The van der Waals surface area contributed by atoms with Gasteiger partial charge >= 0.3 is 5.97 Å². The Kier molecular flexibility index (Phi) is 2.25. The normalized spacial score (nSPS) is 37.9. The Hall–Kier alpha value is -0.313. The first kappa shape index (κ1) is 10.2. The molecule has 1 saturated heterocycles. The van der Waals surface area contributed by atoms with Crippen molar-refractivity contribution in [3.05, 3.63) is 0 Å². The topological polar surface area (TPSA) is 26.3 Å². The van der Waals surface area contributed by atoms with Crippen molar-refractivity contribution in [2.45, 2.75) is 50.4 Å². The van der Waals surface area contributed by atoms with E-state index >= 15 is 0 Å². The van der Waals surface area contributed by atoms with E-state index < -0.39 is 8.07 Å². The molecule has 2 atom stereocenters. The lowest BCUT2D eigenvalue weighted by atomic mass is 9.79. The summed E-state index contributed by atoms with van der Waals surface area (Å²) < 4.78 is 5.37. The van der Waals surface area contributed by atoms with Crippen LogP contribution in [0.1, 0.15) is 25.7 Å². The Morgan fingerprint density at radius 1 is 1.43 bits per heavy atom. The second kappa shape index (κ2) is 3.09. The van der Waals surface area contributed by atoms with Crippen LogP contribution in [0.3, 0.4) is 0 Å². The van der Waals surface area contributed by atoms with Gasteiger partial charge in [-0.05, 0) is 25.2 Å². The molecule has 0 N–H and O–H groups in total. The highest BCUT2D eigenvalue weighted by atomic mass is 28.3. The quantitative estimate of drug-likeness (QED) is 0.493. The molecule has 0 aromatic carbocycles. The van der Waals surface area contributed by atoms with Crippen molar-refractivity contribution in [2.75, 3.05) is 6.61 Å². The smallest absolute Gasteiger partial charge is 0.309 e. The van der Waals surface area contributed by atoms with Crippen LogP contribution in [0.25, 0.3) is 0 Å². The van der Waals surface area contributed by atoms with Crippen LogP contribution in [0.2, 0.25) is 24.7 Å². The zero-order valence-corrected chi connectivity index (χ0v) is 10.4. The van der Waals surface area contributed by atoms with Gasteiger partial charge in [-0.25, -0.2) is 0 Å². The van der Waals surface area contributed by atoms with Gasteiger partial charge in [0.15, 0.2) is 0 Å². The summed E-state index contributed by atoms with van der Waals surface area (Å²) in [6, 6.07) is 0. The average molecular weight is 212 g/mol. The van der Waals surface area contributed by atoms with E-state index in [1.54, 1.807) is 0 Å². The van der Waals surface area contributed by atoms with Crippen LogP contribution < -0.4 is 0 Å². The van der Waals surface area contributed by atoms with Crippen molar-refractivity contribution >= 4 is 14.0 Å². The SMILES string of the molecule is C[Si](C)(C)C12CCCC(COC1=O)C2. The highest BCUT2D eigenvalue weighted by molar-refractivity contribution is 6.82. The van der Waals surface area contributed by atoms with E-state index in [1.165, 1.54) is 12.8 Å². The number of carbonyl (C=O) groups is 1. The second-order valence-electron chi connectivity index (χ2n) is 5.89. The standard InChI is InChI=1S/C11H20O2Si/c1-14(2,3)11-6-4-5-9(7-11)8-13-10(11)12/h9H,4-8H2,1-3H3. The van der Waals surface area contributed by atoms with Crippen LogP contribution in [0.15, 0.2) is 0 Å². The fraction of sp³-hybridized carbons (Fsp3) is 0.909. The first-order valence-corrected chi connectivity index (χ1v) is 9.13. The van der Waals surface area contributed by atoms with Crippen LogP contribution in [0.5, 0.6) is 0 Å². The fourth-order valence-electron chi connectivity index (χ4n) is 3.04. The molecule has 0 spiro atoms. The Morgan fingerprint density at radius 3 is 2.71 bits per heavy atom. The zero-order chi connectivity index (χ0) is 10.4. The van der Waals surface area contributed by atoms with E-state index in [2.05, 4.69) is 19.6 Å². The van der Waals surface area contributed by atoms with Gasteiger partial charge in [-0.1, -0.05) is 26.1 Å². The fourth-order valence-corrected chi connectivity index (χ4v) is 5.55. The van der Waals surface area contributed by atoms with Crippen molar-refractivity contribution in [3.63, 3.8) is 0 Å². The number of fused-ring (bicyclic) bond motifs is 2. The number of hydrogen-bond donors (Lipinski definition) is 0. The van der Waals surface area contributed by atoms with E-state index in [-0.39, 0.29) is 11.0 Å². The number of ether oxygens (including phenoxy) is 1. The molecule has 0 aromatic rings. The molecule has 2 aliphatic rings. The summed E-state index contributed by atoms with van der Waals surface area (Å²) >= 11 is 0. The summed E-state index contributed by atoms with van der Waals surface area (Å²) in [5.74, 6) is 0.779. The van der Waals surface area contributed by atoms with Crippen LogP contribution >= 0.6 is 0 Å². The van der Waals surface area contributed by atoms with Crippen molar-refractivity contribution in [2.24, 2.45) is 5.92 Å². The largest absolute Gasteiger partial charge is 0.465 e. The number of rotatable bonds is 1. The van der Waals surface area contributed by atoms with Gasteiger partial charge < -0.3 is 4.74 Å². The van der Waals surface area contributed by atoms with Crippen molar-refractivity contribution < 1.29 is 9.53 Å². The highest BCUT2D eigenvalue weighted by Gasteiger charge is 2.55. The van der Waals surface area contributed by atoms with E-state index in [9.17, 15) is 4.79 Å². The van der Waals surface area contributed by atoms with E-state index in [4.69, 9.17) is 4.74 Å². The molecule has 1 heterocycles. The monoisotopic (exact) mass is 212 g/mol. The lowest BCUT2D eigenvalue weighted by Gasteiger charge is -2.49. The molecular formula is C11H20O2Si. The number of hydrogen-bond acceptors (Lipinski definition) is 2. The van der Waals surface area contributed by atoms with Gasteiger partial charge in [-0.15, -0.1) is 0 Å². The molecule has 2 fully saturated rings. The van der Waals surface area contributed by atoms with E-state index in [1.807, 2.05) is 0 Å². The maximum Gasteiger partial charge on any atom is 0.309 e. The minimum absolute atomic E-state index is 0.0475. The molecule has 2 bridgehead atoms. The second-order valence-corrected chi connectivity index (χ2v) is 11.4. The molecule has 1 aliphatic heterocycles. The summed E-state index contributed by atoms with van der Waals surface area (Å²) in [6.45, 7) is 7.61. The minimum atomic E-state index is -1.43. The Morgan fingerprint density at radius 2 is 2.14 bits per heavy atom. The molecule has 2 unspecified atom stereocenters. The molecule has 2 nitrogen and oxygen atoms in total. The molecule has 80 valence electrons.